The summed E-state index contributed by atoms with van der Waals surface area (Å²) in [4.78, 5) is 35.0. The second-order valence-corrected chi connectivity index (χ2v) is 6.66. The minimum atomic E-state index is -0.285. The van der Waals surface area contributed by atoms with E-state index in [0.29, 0.717) is 37.8 Å². The molecule has 2 amide bonds. The van der Waals surface area contributed by atoms with Gasteiger partial charge in [0, 0.05) is 31.7 Å². The fourth-order valence-electron chi connectivity index (χ4n) is 3.11. The van der Waals surface area contributed by atoms with Crippen molar-refractivity contribution in [2.75, 3.05) is 51.8 Å². The molecule has 1 saturated heterocycles. The molecule has 2 aliphatic heterocycles. The molecular formula is C17H24N4O3. The van der Waals surface area contributed by atoms with Crippen LogP contribution in [0, 0.1) is 12.8 Å². The number of likely N-dealkylation sites (tertiary alicyclic amines) is 1. The lowest BCUT2D eigenvalue weighted by Crippen LogP contribution is -2.42. The number of hydrogen-bond acceptors (Lipinski definition) is 5. The quantitative estimate of drug-likeness (QED) is 0.804. The van der Waals surface area contributed by atoms with E-state index in [0.717, 1.165) is 12.2 Å². The van der Waals surface area contributed by atoms with Crippen LogP contribution in [0.5, 0.6) is 5.88 Å². The van der Waals surface area contributed by atoms with Gasteiger partial charge < -0.3 is 19.4 Å². The predicted octanol–water partition coefficient (Wildman–Crippen LogP) is 0.526. The fourth-order valence-corrected chi connectivity index (χ4v) is 3.11. The van der Waals surface area contributed by atoms with E-state index in [1.165, 1.54) is 0 Å². The zero-order chi connectivity index (χ0) is 17.3. The van der Waals surface area contributed by atoms with Crippen molar-refractivity contribution >= 4 is 17.5 Å². The molecule has 1 atom stereocenters. The van der Waals surface area contributed by atoms with E-state index in [2.05, 4.69) is 4.98 Å². The van der Waals surface area contributed by atoms with Gasteiger partial charge >= 0.3 is 0 Å². The molecule has 7 heteroatoms. The maximum Gasteiger partial charge on any atom is 0.238 e. The van der Waals surface area contributed by atoms with Crippen LogP contribution in [0.15, 0.2) is 12.1 Å². The number of rotatable bonds is 4. The van der Waals surface area contributed by atoms with Crippen LogP contribution in [0.1, 0.15) is 12.1 Å². The van der Waals surface area contributed by atoms with Crippen molar-refractivity contribution in [1.82, 2.24) is 14.8 Å². The van der Waals surface area contributed by atoms with Gasteiger partial charge in [0.15, 0.2) is 0 Å². The summed E-state index contributed by atoms with van der Waals surface area (Å²) in [5, 5.41) is 0. The Morgan fingerprint density at radius 2 is 2.21 bits per heavy atom. The first-order valence-corrected chi connectivity index (χ1v) is 8.30. The normalized spacial score (nSPS) is 20.3. The lowest BCUT2D eigenvalue weighted by molar-refractivity contribution is -0.128. The van der Waals surface area contributed by atoms with E-state index < -0.39 is 0 Å². The maximum absolute atomic E-state index is 12.9. The number of aryl methyl sites for hydroxylation is 1. The summed E-state index contributed by atoms with van der Waals surface area (Å²) in [6.07, 6.45) is 0.290. The molecule has 24 heavy (non-hydrogen) atoms. The number of ether oxygens (including phenoxy) is 1. The summed E-state index contributed by atoms with van der Waals surface area (Å²) < 4.78 is 5.57. The molecule has 3 heterocycles. The molecule has 0 bridgehead atoms. The summed E-state index contributed by atoms with van der Waals surface area (Å²) in [6, 6.07) is 3.74. The number of likely N-dealkylation sites (N-methyl/N-ethyl adjacent to an activating group) is 1. The molecule has 0 aromatic carbocycles. The highest BCUT2D eigenvalue weighted by atomic mass is 16.5. The lowest BCUT2D eigenvalue weighted by Gasteiger charge is -2.30. The van der Waals surface area contributed by atoms with E-state index >= 15 is 0 Å². The first-order valence-electron chi connectivity index (χ1n) is 8.30. The minimum Gasteiger partial charge on any atom is -0.474 e. The summed E-state index contributed by atoms with van der Waals surface area (Å²) >= 11 is 0. The van der Waals surface area contributed by atoms with Crippen molar-refractivity contribution < 1.29 is 14.3 Å². The summed E-state index contributed by atoms with van der Waals surface area (Å²) in [7, 11) is 3.95. The van der Waals surface area contributed by atoms with Crippen LogP contribution in [0.3, 0.4) is 0 Å². The Bertz CT molecular complexity index is 647. The van der Waals surface area contributed by atoms with Crippen LogP contribution < -0.4 is 9.64 Å². The second kappa shape index (κ2) is 6.76. The molecular weight excluding hydrogens is 308 g/mol. The van der Waals surface area contributed by atoms with Gasteiger partial charge in [0.25, 0.3) is 0 Å². The second-order valence-electron chi connectivity index (χ2n) is 6.66. The van der Waals surface area contributed by atoms with Gasteiger partial charge in [-0.05, 0) is 33.2 Å². The first-order chi connectivity index (χ1) is 11.5. The molecule has 0 radical (unpaired) electrons. The SMILES string of the molecule is Cc1ccc2c(n1)OCCN2C(=O)C1CC(=O)N(CCN(C)C)C1. The first kappa shape index (κ1) is 16.7. The fraction of sp³-hybridized carbons (Fsp3) is 0.588. The molecule has 1 unspecified atom stereocenters. The van der Waals surface area contributed by atoms with Gasteiger partial charge in [0.1, 0.15) is 12.3 Å². The molecule has 130 valence electrons. The van der Waals surface area contributed by atoms with Crippen molar-refractivity contribution in [3.8, 4) is 5.88 Å². The third kappa shape index (κ3) is 3.36. The molecule has 7 nitrogen and oxygen atoms in total. The predicted molar refractivity (Wildman–Crippen MR) is 90.1 cm³/mol. The van der Waals surface area contributed by atoms with Crippen molar-refractivity contribution in [1.29, 1.82) is 0 Å². The Balaban J connectivity index is 1.71. The lowest BCUT2D eigenvalue weighted by atomic mass is 10.1. The monoisotopic (exact) mass is 332 g/mol. The third-order valence-electron chi connectivity index (χ3n) is 4.47. The molecule has 0 saturated carbocycles. The van der Waals surface area contributed by atoms with Crippen LogP contribution in [0.4, 0.5) is 5.69 Å². The van der Waals surface area contributed by atoms with Crippen molar-refractivity contribution in [3.05, 3.63) is 17.8 Å². The zero-order valence-corrected chi connectivity index (χ0v) is 14.5. The van der Waals surface area contributed by atoms with Crippen molar-refractivity contribution in [3.63, 3.8) is 0 Å². The third-order valence-corrected chi connectivity index (χ3v) is 4.47. The van der Waals surface area contributed by atoms with Crippen molar-refractivity contribution in [2.24, 2.45) is 5.92 Å². The number of nitrogens with zero attached hydrogens (tertiary/aromatic N) is 4. The average Bonchev–Trinajstić information content (AvgIpc) is 2.92. The smallest absolute Gasteiger partial charge is 0.238 e. The van der Waals surface area contributed by atoms with Gasteiger partial charge in [0.2, 0.25) is 17.7 Å². The standard InChI is InChI=1S/C17H24N4O3/c1-12-4-5-14-16(18-12)24-9-8-21(14)17(23)13-10-15(22)20(11-13)7-6-19(2)3/h4-5,13H,6-11H2,1-3H3. The van der Waals surface area contributed by atoms with Crippen LogP contribution in [0.2, 0.25) is 0 Å². The Hall–Kier alpha value is -2.15. The Kier molecular flexibility index (Phi) is 4.71. The molecule has 0 spiro atoms. The minimum absolute atomic E-state index is 0.00842. The highest BCUT2D eigenvalue weighted by Gasteiger charge is 2.38. The maximum atomic E-state index is 12.9. The van der Waals surface area contributed by atoms with E-state index in [1.807, 2.05) is 38.1 Å². The van der Waals surface area contributed by atoms with Crippen LogP contribution >= 0.6 is 0 Å². The van der Waals surface area contributed by atoms with E-state index in [4.69, 9.17) is 4.74 Å². The molecule has 3 rings (SSSR count). The van der Waals surface area contributed by atoms with E-state index in [1.54, 1.807) is 9.80 Å². The van der Waals surface area contributed by atoms with Gasteiger partial charge in [-0.1, -0.05) is 0 Å². The number of aromatic nitrogens is 1. The highest BCUT2D eigenvalue weighted by Crippen LogP contribution is 2.32. The number of amides is 2. The topological polar surface area (TPSA) is 66.0 Å². The largest absolute Gasteiger partial charge is 0.474 e. The number of hydrogen-bond donors (Lipinski definition) is 0. The molecule has 1 aromatic rings. The molecule has 0 N–H and O–H groups in total. The van der Waals surface area contributed by atoms with Gasteiger partial charge in [-0.3, -0.25) is 9.59 Å². The van der Waals surface area contributed by atoms with Crippen LogP contribution in [-0.4, -0.2) is 73.5 Å². The highest BCUT2D eigenvalue weighted by molar-refractivity contribution is 6.00. The number of fused-ring (bicyclic) bond motifs is 1. The zero-order valence-electron chi connectivity index (χ0n) is 14.5. The van der Waals surface area contributed by atoms with Crippen LogP contribution in [-0.2, 0) is 9.59 Å². The number of carbonyl (C=O) groups is 2. The summed E-state index contributed by atoms with van der Waals surface area (Å²) in [5.74, 6) is 0.270. The summed E-state index contributed by atoms with van der Waals surface area (Å²) in [6.45, 7) is 4.78. The van der Waals surface area contributed by atoms with Gasteiger partial charge in [-0.2, -0.15) is 0 Å². The van der Waals surface area contributed by atoms with E-state index in [9.17, 15) is 9.59 Å². The molecule has 0 aliphatic carbocycles. The molecule has 1 aromatic heterocycles. The van der Waals surface area contributed by atoms with Crippen molar-refractivity contribution in [2.45, 2.75) is 13.3 Å². The van der Waals surface area contributed by atoms with E-state index in [-0.39, 0.29) is 24.2 Å². The average molecular weight is 332 g/mol. The molecule has 2 aliphatic rings. The number of pyridine rings is 1. The molecule has 1 fully saturated rings. The van der Waals surface area contributed by atoms with Gasteiger partial charge in [-0.15, -0.1) is 0 Å². The number of carbonyl (C=O) groups excluding carboxylic acids is 2. The summed E-state index contributed by atoms with van der Waals surface area (Å²) in [5.41, 5.74) is 1.56. The van der Waals surface area contributed by atoms with Gasteiger partial charge in [-0.25, -0.2) is 4.98 Å². The van der Waals surface area contributed by atoms with Crippen LogP contribution in [0.25, 0.3) is 0 Å². The Labute approximate surface area is 142 Å². The Morgan fingerprint density at radius 3 is 2.96 bits per heavy atom. The Morgan fingerprint density at radius 1 is 1.42 bits per heavy atom. The number of anilines is 1. The van der Waals surface area contributed by atoms with Gasteiger partial charge in [0.05, 0.1) is 12.5 Å².